The van der Waals surface area contributed by atoms with Gasteiger partial charge in [-0.05, 0) is 25.8 Å². The summed E-state index contributed by atoms with van der Waals surface area (Å²) in [6.07, 6.45) is 3.85. The molecule has 11 heavy (non-hydrogen) atoms. The minimum absolute atomic E-state index is 0.0853. The quantitative estimate of drug-likeness (QED) is 0.526. The van der Waals surface area contributed by atoms with E-state index in [-0.39, 0.29) is 12.6 Å². The van der Waals surface area contributed by atoms with Gasteiger partial charge in [0.25, 0.3) is 0 Å². The zero-order valence-electron chi connectivity index (χ0n) is 7.09. The van der Waals surface area contributed by atoms with Crippen molar-refractivity contribution in [1.82, 2.24) is 5.32 Å². The standard InChI is InChI=1S/C8H18N2O/c1-10-8(7(9)5-11)6-3-2-4-6/h6-8,10-11H,2-5,9H2,1H3. The Morgan fingerprint density at radius 3 is 2.55 bits per heavy atom. The summed E-state index contributed by atoms with van der Waals surface area (Å²) in [6.45, 7) is 0.0853. The molecule has 2 unspecified atom stereocenters. The predicted molar refractivity (Wildman–Crippen MR) is 45.2 cm³/mol. The van der Waals surface area contributed by atoms with Crippen molar-refractivity contribution in [2.45, 2.75) is 31.3 Å². The van der Waals surface area contributed by atoms with Crippen LogP contribution in [0.5, 0.6) is 0 Å². The van der Waals surface area contributed by atoms with E-state index in [9.17, 15) is 0 Å². The molecule has 3 heteroatoms. The van der Waals surface area contributed by atoms with E-state index in [1.54, 1.807) is 0 Å². The second-order valence-corrected chi connectivity index (χ2v) is 3.35. The average Bonchev–Trinajstić information content (AvgIpc) is 1.94. The minimum Gasteiger partial charge on any atom is -0.395 e. The van der Waals surface area contributed by atoms with Gasteiger partial charge < -0.3 is 16.2 Å². The molecule has 3 nitrogen and oxygen atoms in total. The largest absolute Gasteiger partial charge is 0.395 e. The van der Waals surface area contributed by atoms with Crippen LogP contribution in [0.2, 0.25) is 0 Å². The molecule has 2 atom stereocenters. The molecule has 0 radical (unpaired) electrons. The van der Waals surface area contributed by atoms with E-state index in [0.717, 1.165) is 0 Å². The highest BCUT2D eigenvalue weighted by atomic mass is 16.3. The van der Waals surface area contributed by atoms with Crippen molar-refractivity contribution in [3.05, 3.63) is 0 Å². The first-order chi connectivity index (χ1) is 5.29. The Morgan fingerprint density at radius 1 is 1.64 bits per heavy atom. The maximum Gasteiger partial charge on any atom is 0.0597 e. The number of hydrogen-bond acceptors (Lipinski definition) is 3. The van der Waals surface area contributed by atoms with E-state index in [4.69, 9.17) is 10.8 Å². The topological polar surface area (TPSA) is 58.3 Å². The molecule has 0 spiro atoms. The summed E-state index contributed by atoms with van der Waals surface area (Å²) < 4.78 is 0. The van der Waals surface area contributed by atoms with Crippen LogP contribution in [0.15, 0.2) is 0 Å². The lowest BCUT2D eigenvalue weighted by Crippen LogP contribution is -2.52. The van der Waals surface area contributed by atoms with Crippen molar-refractivity contribution >= 4 is 0 Å². The van der Waals surface area contributed by atoms with Crippen LogP contribution in [0, 0.1) is 5.92 Å². The van der Waals surface area contributed by atoms with E-state index in [1.165, 1.54) is 19.3 Å². The fourth-order valence-corrected chi connectivity index (χ4v) is 1.71. The number of rotatable bonds is 4. The van der Waals surface area contributed by atoms with Gasteiger partial charge in [-0.3, -0.25) is 0 Å². The van der Waals surface area contributed by atoms with E-state index in [1.807, 2.05) is 7.05 Å². The molecule has 0 bridgehead atoms. The van der Waals surface area contributed by atoms with E-state index in [2.05, 4.69) is 5.32 Å². The number of aliphatic hydroxyl groups excluding tert-OH is 1. The lowest BCUT2D eigenvalue weighted by atomic mass is 9.77. The zero-order valence-corrected chi connectivity index (χ0v) is 7.09. The Kier molecular flexibility index (Phi) is 3.30. The number of aliphatic hydroxyl groups is 1. The lowest BCUT2D eigenvalue weighted by molar-refractivity contribution is 0.165. The Hall–Kier alpha value is -0.120. The van der Waals surface area contributed by atoms with Gasteiger partial charge in [-0.25, -0.2) is 0 Å². The first-order valence-corrected chi connectivity index (χ1v) is 4.33. The molecule has 0 aromatic heterocycles. The van der Waals surface area contributed by atoms with Crippen LogP contribution in [0.25, 0.3) is 0 Å². The Bertz CT molecular complexity index is 110. The predicted octanol–water partition coefficient (Wildman–Crippen LogP) is -0.306. The summed E-state index contributed by atoms with van der Waals surface area (Å²) in [5.41, 5.74) is 5.73. The van der Waals surface area contributed by atoms with Crippen LogP contribution in [-0.4, -0.2) is 30.8 Å². The number of nitrogens with two attached hydrogens (primary N) is 1. The Morgan fingerprint density at radius 2 is 2.27 bits per heavy atom. The SMILES string of the molecule is CNC(C(N)CO)C1CCC1. The lowest BCUT2D eigenvalue weighted by Gasteiger charge is -2.36. The molecule has 1 saturated carbocycles. The highest BCUT2D eigenvalue weighted by Gasteiger charge is 2.29. The average molecular weight is 158 g/mol. The first kappa shape index (κ1) is 8.97. The summed E-state index contributed by atoms with van der Waals surface area (Å²) in [7, 11) is 1.92. The third-order valence-electron chi connectivity index (χ3n) is 2.66. The van der Waals surface area contributed by atoms with Gasteiger partial charge in [-0.1, -0.05) is 6.42 Å². The molecule has 1 aliphatic carbocycles. The molecule has 1 rings (SSSR count). The van der Waals surface area contributed by atoms with Gasteiger partial charge in [0.1, 0.15) is 0 Å². The van der Waals surface area contributed by atoms with Crippen molar-refractivity contribution in [3.8, 4) is 0 Å². The maximum atomic E-state index is 8.84. The van der Waals surface area contributed by atoms with Crippen LogP contribution in [0.3, 0.4) is 0 Å². The van der Waals surface area contributed by atoms with Crippen molar-refractivity contribution in [3.63, 3.8) is 0 Å². The summed E-state index contributed by atoms with van der Waals surface area (Å²) in [6, 6.07) is 0.221. The third-order valence-corrected chi connectivity index (χ3v) is 2.66. The minimum atomic E-state index is -0.0923. The van der Waals surface area contributed by atoms with Crippen molar-refractivity contribution in [2.24, 2.45) is 11.7 Å². The van der Waals surface area contributed by atoms with E-state index < -0.39 is 0 Å². The number of likely N-dealkylation sites (N-methyl/N-ethyl adjacent to an activating group) is 1. The maximum absolute atomic E-state index is 8.84. The molecule has 4 N–H and O–H groups in total. The fraction of sp³-hybridized carbons (Fsp3) is 1.00. The van der Waals surface area contributed by atoms with Crippen molar-refractivity contribution in [1.29, 1.82) is 0 Å². The van der Waals surface area contributed by atoms with Crippen LogP contribution in [-0.2, 0) is 0 Å². The van der Waals surface area contributed by atoms with E-state index in [0.29, 0.717) is 12.0 Å². The molecule has 0 aromatic rings. The molecule has 1 aliphatic rings. The van der Waals surface area contributed by atoms with Crippen LogP contribution >= 0.6 is 0 Å². The number of nitrogens with one attached hydrogen (secondary N) is 1. The van der Waals surface area contributed by atoms with Crippen molar-refractivity contribution < 1.29 is 5.11 Å². The number of hydrogen-bond donors (Lipinski definition) is 3. The van der Waals surface area contributed by atoms with Crippen LogP contribution in [0.4, 0.5) is 0 Å². The van der Waals surface area contributed by atoms with Gasteiger partial charge in [0, 0.05) is 12.1 Å². The fourth-order valence-electron chi connectivity index (χ4n) is 1.71. The highest BCUT2D eigenvalue weighted by molar-refractivity contribution is 4.88. The molecule has 0 amide bonds. The van der Waals surface area contributed by atoms with Gasteiger partial charge in [0.05, 0.1) is 6.61 Å². The van der Waals surface area contributed by atoms with Gasteiger partial charge in [0.2, 0.25) is 0 Å². The van der Waals surface area contributed by atoms with Crippen LogP contribution < -0.4 is 11.1 Å². The summed E-state index contributed by atoms with van der Waals surface area (Å²) in [5.74, 6) is 0.696. The first-order valence-electron chi connectivity index (χ1n) is 4.33. The van der Waals surface area contributed by atoms with Gasteiger partial charge in [0.15, 0.2) is 0 Å². The molecular weight excluding hydrogens is 140 g/mol. The zero-order chi connectivity index (χ0) is 8.27. The van der Waals surface area contributed by atoms with Crippen LogP contribution in [0.1, 0.15) is 19.3 Å². The Labute approximate surface area is 68.0 Å². The molecule has 0 aromatic carbocycles. The molecular formula is C8H18N2O. The highest BCUT2D eigenvalue weighted by Crippen LogP contribution is 2.30. The second-order valence-electron chi connectivity index (χ2n) is 3.35. The molecule has 66 valence electrons. The second kappa shape index (κ2) is 4.04. The normalized spacial score (nSPS) is 24.3. The Balaban J connectivity index is 2.34. The summed E-state index contributed by atoms with van der Waals surface area (Å²) in [5, 5.41) is 12.0. The molecule has 0 aliphatic heterocycles. The monoisotopic (exact) mass is 158 g/mol. The summed E-state index contributed by atoms with van der Waals surface area (Å²) in [4.78, 5) is 0. The third kappa shape index (κ3) is 1.92. The smallest absolute Gasteiger partial charge is 0.0597 e. The van der Waals surface area contributed by atoms with Gasteiger partial charge >= 0.3 is 0 Å². The molecule has 1 fully saturated rings. The summed E-state index contributed by atoms with van der Waals surface area (Å²) >= 11 is 0. The molecule has 0 saturated heterocycles. The molecule has 0 heterocycles. The van der Waals surface area contributed by atoms with E-state index >= 15 is 0 Å². The van der Waals surface area contributed by atoms with Gasteiger partial charge in [-0.2, -0.15) is 0 Å². The van der Waals surface area contributed by atoms with Gasteiger partial charge in [-0.15, -0.1) is 0 Å². The van der Waals surface area contributed by atoms with Crippen molar-refractivity contribution in [2.75, 3.05) is 13.7 Å².